The van der Waals surface area contributed by atoms with E-state index in [0.29, 0.717) is 36.7 Å². The van der Waals surface area contributed by atoms with Crippen LogP contribution >= 0.6 is 0 Å². The van der Waals surface area contributed by atoms with Gasteiger partial charge in [0.15, 0.2) is 0 Å². The highest BCUT2D eigenvalue weighted by Gasteiger charge is 2.50. The van der Waals surface area contributed by atoms with Gasteiger partial charge in [0, 0.05) is 24.1 Å². The molecular weight excluding hydrogens is 592 g/mol. The summed E-state index contributed by atoms with van der Waals surface area (Å²) in [5, 5.41) is 0. The number of fused-ring (bicyclic) bond motifs is 4. The standard InChI is InChI=1S/C23H19F6N3O6S2/c1-12-7-14-9-18-15(16(14)10-20(12)38-40(36,37)23(27,28)29)3-2-6-31(18)21(33)13-4-5-17-19(8-13)32(11-30-17)39(34,35)22(24,25)26/h4-5,7-8,10-11,15,18H,2-3,6,9H2,1H3/t15-,18?/m1/s1. The number of piperidine rings is 1. The Morgan fingerprint density at radius 2 is 1.73 bits per heavy atom. The molecule has 40 heavy (non-hydrogen) atoms. The van der Waals surface area contributed by atoms with E-state index < -0.39 is 54.4 Å². The van der Waals surface area contributed by atoms with Crippen molar-refractivity contribution < 1.29 is 52.2 Å². The Labute approximate surface area is 223 Å². The maximum atomic E-state index is 13.5. The molecule has 1 aliphatic carbocycles. The number of halogens is 6. The van der Waals surface area contributed by atoms with Crippen LogP contribution in [0.25, 0.3) is 11.0 Å². The lowest BCUT2D eigenvalue weighted by Crippen LogP contribution is -2.46. The number of likely N-dealkylation sites (tertiary alicyclic amines) is 1. The van der Waals surface area contributed by atoms with Crippen LogP contribution in [0.3, 0.4) is 0 Å². The Morgan fingerprint density at radius 1 is 1.02 bits per heavy atom. The second kappa shape index (κ2) is 9.09. The molecule has 1 fully saturated rings. The monoisotopic (exact) mass is 611 g/mol. The van der Waals surface area contributed by atoms with Crippen molar-refractivity contribution in [2.45, 2.75) is 49.2 Å². The highest BCUT2D eigenvalue weighted by Crippen LogP contribution is 2.45. The Kier molecular flexibility index (Phi) is 6.41. The molecule has 5 rings (SSSR count). The molecule has 2 aromatic carbocycles. The average Bonchev–Trinajstić information content (AvgIpc) is 3.43. The van der Waals surface area contributed by atoms with Crippen LogP contribution in [0.5, 0.6) is 5.75 Å². The topological polar surface area (TPSA) is 116 Å². The number of carbonyl (C=O) groups excluding carboxylic acids is 1. The molecule has 1 amide bonds. The van der Waals surface area contributed by atoms with Gasteiger partial charge < -0.3 is 9.08 Å². The van der Waals surface area contributed by atoms with Crippen LogP contribution in [0.15, 0.2) is 36.7 Å². The van der Waals surface area contributed by atoms with Crippen LogP contribution in [0.1, 0.15) is 45.8 Å². The molecule has 216 valence electrons. The summed E-state index contributed by atoms with van der Waals surface area (Å²) in [6, 6.07) is 5.81. The number of hydrogen-bond acceptors (Lipinski definition) is 7. The van der Waals surface area contributed by atoms with Crippen LogP contribution in [-0.4, -0.2) is 60.2 Å². The van der Waals surface area contributed by atoms with Gasteiger partial charge in [-0.15, -0.1) is 0 Å². The van der Waals surface area contributed by atoms with Crippen molar-refractivity contribution >= 4 is 37.1 Å². The van der Waals surface area contributed by atoms with E-state index >= 15 is 0 Å². The summed E-state index contributed by atoms with van der Waals surface area (Å²) in [4.78, 5) is 18.7. The first-order valence-corrected chi connectivity index (χ1v) is 14.5. The predicted octanol–water partition coefficient (Wildman–Crippen LogP) is 4.22. The summed E-state index contributed by atoms with van der Waals surface area (Å²) in [6.07, 6.45) is 1.81. The van der Waals surface area contributed by atoms with Crippen LogP contribution < -0.4 is 4.18 Å². The molecule has 17 heteroatoms. The fourth-order valence-electron chi connectivity index (χ4n) is 5.28. The van der Waals surface area contributed by atoms with Gasteiger partial charge in [0.25, 0.3) is 5.91 Å². The summed E-state index contributed by atoms with van der Waals surface area (Å²) in [5.74, 6) is -1.44. The number of benzene rings is 2. The maximum absolute atomic E-state index is 13.5. The summed E-state index contributed by atoms with van der Waals surface area (Å²) in [6.45, 7) is 1.65. The van der Waals surface area contributed by atoms with Crippen molar-refractivity contribution in [2.75, 3.05) is 6.54 Å². The van der Waals surface area contributed by atoms with Gasteiger partial charge in [0.2, 0.25) is 0 Å². The number of aryl methyl sites for hydroxylation is 1. The van der Waals surface area contributed by atoms with Crippen LogP contribution in [0.4, 0.5) is 26.3 Å². The molecular formula is C23H19F6N3O6S2. The largest absolute Gasteiger partial charge is 0.534 e. The molecule has 0 N–H and O–H groups in total. The molecule has 0 spiro atoms. The zero-order valence-electron chi connectivity index (χ0n) is 20.3. The maximum Gasteiger partial charge on any atom is 0.534 e. The van der Waals surface area contributed by atoms with E-state index in [-0.39, 0.29) is 33.1 Å². The number of imidazole rings is 1. The average molecular weight is 612 g/mol. The van der Waals surface area contributed by atoms with E-state index in [4.69, 9.17) is 0 Å². The van der Waals surface area contributed by atoms with Crippen LogP contribution in [0, 0.1) is 6.92 Å². The fourth-order valence-corrected chi connectivity index (χ4v) is 6.59. The van der Waals surface area contributed by atoms with Gasteiger partial charge in [-0.3, -0.25) is 4.79 Å². The number of nitrogens with zero attached hydrogens (tertiary/aromatic N) is 3. The van der Waals surface area contributed by atoms with Gasteiger partial charge in [0.1, 0.15) is 12.1 Å². The Bertz CT molecular complexity index is 1750. The zero-order chi connectivity index (χ0) is 29.4. The minimum Gasteiger partial charge on any atom is -0.376 e. The van der Waals surface area contributed by atoms with E-state index in [0.717, 1.165) is 6.07 Å². The Morgan fingerprint density at radius 3 is 2.38 bits per heavy atom. The second-order valence-electron chi connectivity index (χ2n) is 9.51. The first-order valence-electron chi connectivity index (χ1n) is 11.7. The second-order valence-corrected chi connectivity index (χ2v) is 12.9. The predicted molar refractivity (Wildman–Crippen MR) is 127 cm³/mol. The highest BCUT2D eigenvalue weighted by molar-refractivity contribution is 7.91. The van der Waals surface area contributed by atoms with Gasteiger partial charge in [-0.25, -0.2) is 8.96 Å². The lowest BCUT2D eigenvalue weighted by Gasteiger charge is -2.38. The molecule has 1 unspecified atom stereocenters. The lowest BCUT2D eigenvalue weighted by atomic mass is 9.88. The fraction of sp³-hybridized carbons (Fsp3) is 0.391. The van der Waals surface area contributed by atoms with Crippen molar-refractivity contribution in [3.8, 4) is 5.75 Å². The normalized spacial score (nSPS) is 19.9. The molecule has 2 atom stereocenters. The SMILES string of the molecule is Cc1cc2c(cc1OS(=O)(=O)C(F)(F)F)[C@H]1CCCN(C(=O)c3ccc4ncn(S(=O)(=O)C(F)(F)F)c4c3)C1C2. The number of amides is 1. The molecule has 3 aromatic rings. The summed E-state index contributed by atoms with van der Waals surface area (Å²) in [7, 11) is -11.7. The first kappa shape index (κ1) is 28.2. The molecule has 2 heterocycles. The number of hydrogen-bond donors (Lipinski definition) is 0. The van der Waals surface area contributed by atoms with E-state index in [9.17, 15) is 48.0 Å². The van der Waals surface area contributed by atoms with E-state index in [2.05, 4.69) is 9.17 Å². The van der Waals surface area contributed by atoms with Gasteiger partial charge in [-0.05, 0) is 67.1 Å². The minimum atomic E-state index is -5.90. The van der Waals surface area contributed by atoms with Gasteiger partial charge in [-0.1, -0.05) is 6.07 Å². The van der Waals surface area contributed by atoms with Gasteiger partial charge in [-0.2, -0.15) is 43.2 Å². The van der Waals surface area contributed by atoms with E-state index in [1.165, 1.54) is 36.1 Å². The van der Waals surface area contributed by atoms with Crippen LogP contribution in [-0.2, 0) is 26.6 Å². The number of alkyl halides is 6. The van der Waals surface area contributed by atoms with E-state index in [1.54, 1.807) is 0 Å². The number of rotatable bonds is 4. The minimum absolute atomic E-state index is 0.0388. The highest BCUT2D eigenvalue weighted by atomic mass is 32.2. The number of carbonyl (C=O) groups is 1. The van der Waals surface area contributed by atoms with Crippen molar-refractivity contribution in [1.82, 2.24) is 13.9 Å². The van der Waals surface area contributed by atoms with Gasteiger partial charge >= 0.3 is 31.2 Å². The Balaban J connectivity index is 1.47. The molecule has 1 aromatic heterocycles. The molecule has 1 saturated heterocycles. The van der Waals surface area contributed by atoms with Crippen molar-refractivity contribution in [2.24, 2.45) is 0 Å². The molecule has 0 saturated carbocycles. The van der Waals surface area contributed by atoms with Gasteiger partial charge in [0.05, 0.1) is 11.0 Å². The Hall–Kier alpha value is -3.34. The zero-order valence-corrected chi connectivity index (χ0v) is 22.0. The third kappa shape index (κ3) is 4.48. The van der Waals surface area contributed by atoms with Crippen LogP contribution in [0.2, 0.25) is 0 Å². The molecule has 2 aliphatic rings. The van der Waals surface area contributed by atoms with Crippen molar-refractivity contribution in [3.05, 3.63) is 58.9 Å². The van der Waals surface area contributed by atoms with Crippen molar-refractivity contribution in [1.29, 1.82) is 0 Å². The molecule has 1 aliphatic heterocycles. The third-order valence-electron chi connectivity index (χ3n) is 7.10. The molecule has 0 radical (unpaired) electrons. The van der Waals surface area contributed by atoms with E-state index in [1.807, 2.05) is 0 Å². The molecule has 9 nitrogen and oxygen atoms in total. The summed E-state index contributed by atoms with van der Waals surface area (Å²) in [5.41, 5.74) is -10.5. The smallest absolute Gasteiger partial charge is 0.376 e. The quantitative estimate of drug-likeness (QED) is 0.247. The van der Waals surface area contributed by atoms with Crippen molar-refractivity contribution in [3.63, 3.8) is 0 Å². The third-order valence-corrected chi connectivity index (χ3v) is 9.46. The number of aromatic nitrogens is 2. The first-order chi connectivity index (χ1) is 18.4. The summed E-state index contributed by atoms with van der Waals surface area (Å²) >= 11 is 0. The lowest BCUT2D eigenvalue weighted by molar-refractivity contribution is -0.0500. The molecule has 0 bridgehead atoms. The summed E-state index contributed by atoms with van der Waals surface area (Å²) < 4.78 is 129.